The molecule has 7 nitrogen and oxygen atoms in total. The predicted octanol–water partition coefficient (Wildman–Crippen LogP) is 2.27. The molecule has 1 aliphatic heterocycles. The highest BCUT2D eigenvalue weighted by Crippen LogP contribution is 2.35. The minimum Gasteiger partial charge on any atom is -0.386 e. The number of carbonyl (C=O) groups is 2. The molecule has 118 valence electrons. The van der Waals surface area contributed by atoms with Crippen molar-refractivity contribution in [2.24, 2.45) is 5.92 Å². The number of nitro groups is 1. The van der Waals surface area contributed by atoms with Gasteiger partial charge in [0, 0.05) is 44.8 Å². The molecule has 0 spiro atoms. The number of carbonyl (C=O) groups excluding carboxylic acids is 2. The Balaban J connectivity index is 2.23. The molecule has 0 radical (unpaired) electrons. The number of rotatable bonds is 5. The molecule has 1 saturated heterocycles. The molecule has 1 fully saturated rings. The van der Waals surface area contributed by atoms with E-state index in [0.29, 0.717) is 30.1 Å². The topological polar surface area (TPSA) is 92.6 Å². The van der Waals surface area contributed by atoms with Gasteiger partial charge in [-0.15, -0.1) is 0 Å². The average molecular weight is 323 g/mol. The van der Waals surface area contributed by atoms with Gasteiger partial charge in [0.1, 0.15) is 0 Å². The third-order valence-electron chi connectivity index (χ3n) is 3.48. The first-order chi connectivity index (χ1) is 10.4. The molecule has 1 aliphatic rings. The van der Waals surface area contributed by atoms with E-state index in [0.717, 1.165) is 0 Å². The number of benzene rings is 1. The van der Waals surface area contributed by atoms with Crippen molar-refractivity contribution in [3.63, 3.8) is 0 Å². The molecule has 1 N–H and O–H groups in total. The molecule has 1 unspecified atom stereocenters. The fraction of sp³-hybridized carbons (Fsp3) is 0.429. The van der Waals surface area contributed by atoms with E-state index in [2.05, 4.69) is 5.32 Å². The van der Waals surface area contributed by atoms with Crippen molar-refractivity contribution in [2.45, 2.75) is 13.3 Å². The number of nitro benzene ring substituents is 1. The minimum atomic E-state index is -0.480. The third kappa shape index (κ3) is 3.56. The van der Waals surface area contributed by atoms with Crippen LogP contribution in [0.4, 0.5) is 17.1 Å². The van der Waals surface area contributed by atoms with Crippen LogP contribution in [0.15, 0.2) is 18.2 Å². The summed E-state index contributed by atoms with van der Waals surface area (Å²) in [6.07, 6.45) is 0.353. The van der Waals surface area contributed by atoms with Gasteiger partial charge in [-0.3, -0.25) is 19.7 Å². The number of thioether (sulfide) groups is 1. The van der Waals surface area contributed by atoms with Gasteiger partial charge >= 0.3 is 0 Å². The van der Waals surface area contributed by atoms with E-state index < -0.39 is 4.92 Å². The Morgan fingerprint density at radius 2 is 2.27 bits per heavy atom. The van der Waals surface area contributed by atoms with Crippen LogP contribution < -0.4 is 10.2 Å². The minimum absolute atomic E-state index is 0.0251. The van der Waals surface area contributed by atoms with Gasteiger partial charge in [-0.25, -0.2) is 0 Å². The number of nitrogens with zero attached hydrogens (tertiary/aromatic N) is 2. The lowest BCUT2D eigenvalue weighted by molar-refractivity contribution is -0.384. The van der Waals surface area contributed by atoms with Gasteiger partial charge in [-0.05, 0) is 12.0 Å². The van der Waals surface area contributed by atoms with Gasteiger partial charge in [0.25, 0.3) is 5.69 Å². The Morgan fingerprint density at radius 1 is 1.55 bits per heavy atom. The normalized spacial score (nSPS) is 17.6. The first kappa shape index (κ1) is 16.3. The molecule has 1 atom stereocenters. The van der Waals surface area contributed by atoms with Crippen LogP contribution >= 0.6 is 11.8 Å². The van der Waals surface area contributed by atoms with Crippen molar-refractivity contribution < 1.29 is 14.5 Å². The standard InChI is InChI=1S/C14H17N3O4S/c1-9(18)22-8-10-5-14(19)16(7-10)13-6-11(17(20)21)3-4-12(13)15-2/h3-4,6,10,15H,5,7-8H2,1-2H3. The first-order valence-corrected chi connectivity index (χ1v) is 7.81. The molecule has 0 aromatic heterocycles. The lowest BCUT2D eigenvalue weighted by Crippen LogP contribution is -2.25. The average Bonchev–Trinajstić information content (AvgIpc) is 2.85. The Labute approximate surface area is 132 Å². The highest BCUT2D eigenvalue weighted by Gasteiger charge is 2.32. The summed E-state index contributed by atoms with van der Waals surface area (Å²) in [5, 5.41) is 13.9. The summed E-state index contributed by atoms with van der Waals surface area (Å²) >= 11 is 1.20. The zero-order valence-corrected chi connectivity index (χ0v) is 13.2. The summed E-state index contributed by atoms with van der Waals surface area (Å²) in [7, 11) is 1.70. The Bertz CT molecular complexity index is 620. The van der Waals surface area contributed by atoms with E-state index in [-0.39, 0.29) is 22.6 Å². The fourth-order valence-electron chi connectivity index (χ4n) is 2.43. The second kappa shape index (κ2) is 6.78. The molecule has 0 saturated carbocycles. The third-order valence-corrected chi connectivity index (χ3v) is 4.52. The van der Waals surface area contributed by atoms with Crippen molar-refractivity contribution >= 4 is 39.8 Å². The van der Waals surface area contributed by atoms with Crippen LogP contribution in [0.1, 0.15) is 13.3 Å². The van der Waals surface area contributed by atoms with Gasteiger partial charge in [-0.2, -0.15) is 0 Å². The molecule has 2 rings (SSSR count). The number of hydrogen-bond donors (Lipinski definition) is 1. The number of amides is 1. The van der Waals surface area contributed by atoms with Crippen LogP contribution in [-0.2, 0) is 9.59 Å². The second-order valence-electron chi connectivity index (χ2n) is 5.09. The van der Waals surface area contributed by atoms with Crippen LogP contribution in [0.5, 0.6) is 0 Å². The summed E-state index contributed by atoms with van der Waals surface area (Å²) in [6, 6.07) is 4.40. The van der Waals surface area contributed by atoms with E-state index >= 15 is 0 Å². The van der Waals surface area contributed by atoms with Gasteiger partial charge in [-0.1, -0.05) is 11.8 Å². The summed E-state index contributed by atoms with van der Waals surface area (Å²) in [4.78, 5) is 35.3. The number of nitrogens with one attached hydrogen (secondary N) is 1. The Morgan fingerprint density at radius 3 is 2.86 bits per heavy atom. The van der Waals surface area contributed by atoms with E-state index in [1.54, 1.807) is 18.0 Å². The van der Waals surface area contributed by atoms with E-state index in [4.69, 9.17) is 0 Å². The molecule has 1 heterocycles. The molecule has 0 bridgehead atoms. The van der Waals surface area contributed by atoms with E-state index in [9.17, 15) is 19.7 Å². The van der Waals surface area contributed by atoms with Crippen LogP contribution in [0, 0.1) is 16.0 Å². The van der Waals surface area contributed by atoms with Crippen LogP contribution in [0.2, 0.25) is 0 Å². The van der Waals surface area contributed by atoms with Crippen LogP contribution in [-0.4, -0.2) is 35.3 Å². The van der Waals surface area contributed by atoms with Crippen molar-refractivity contribution in [3.8, 4) is 0 Å². The number of anilines is 2. The maximum absolute atomic E-state index is 12.2. The van der Waals surface area contributed by atoms with Gasteiger partial charge in [0.15, 0.2) is 5.12 Å². The largest absolute Gasteiger partial charge is 0.386 e. The molecule has 8 heteroatoms. The maximum atomic E-state index is 12.2. The number of hydrogen-bond acceptors (Lipinski definition) is 6. The highest BCUT2D eigenvalue weighted by molar-refractivity contribution is 8.13. The van der Waals surface area contributed by atoms with Gasteiger partial charge in [0.05, 0.1) is 16.3 Å². The fourth-order valence-corrected chi connectivity index (χ4v) is 3.12. The summed E-state index contributed by atoms with van der Waals surface area (Å²) in [6.45, 7) is 1.97. The molecular formula is C14H17N3O4S. The molecule has 1 aromatic rings. The van der Waals surface area contributed by atoms with Crippen molar-refractivity contribution in [2.75, 3.05) is 29.6 Å². The van der Waals surface area contributed by atoms with Crippen LogP contribution in [0.25, 0.3) is 0 Å². The highest BCUT2D eigenvalue weighted by atomic mass is 32.2. The predicted molar refractivity (Wildman–Crippen MR) is 86.2 cm³/mol. The molecular weight excluding hydrogens is 306 g/mol. The smallest absolute Gasteiger partial charge is 0.271 e. The summed E-state index contributed by atoms with van der Waals surface area (Å²) in [5.74, 6) is 0.581. The Kier molecular flexibility index (Phi) is 5.02. The summed E-state index contributed by atoms with van der Waals surface area (Å²) in [5.41, 5.74) is 1.12. The lowest BCUT2D eigenvalue weighted by atomic mass is 10.1. The zero-order valence-electron chi connectivity index (χ0n) is 12.4. The molecule has 22 heavy (non-hydrogen) atoms. The maximum Gasteiger partial charge on any atom is 0.271 e. The Hall–Kier alpha value is -2.09. The monoisotopic (exact) mass is 323 g/mol. The lowest BCUT2D eigenvalue weighted by Gasteiger charge is -2.20. The first-order valence-electron chi connectivity index (χ1n) is 6.82. The molecule has 1 amide bonds. The van der Waals surface area contributed by atoms with Crippen molar-refractivity contribution in [3.05, 3.63) is 28.3 Å². The second-order valence-corrected chi connectivity index (χ2v) is 6.28. The molecule has 0 aliphatic carbocycles. The van der Waals surface area contributed by atoms with Gasteiger partial charge < -0.3 is 10.2 Å². The van der Waals surface area contributed by atoms with Crippen molar-refractivity contribution in [1.29, 1.82) is 0 Å². The molecule has 1 aromatic carbocycles. The summed E-state index contributed by atoms with van der Waals surface area (Å²) < 4.78 is 0. The van der Waals surface area contributed by atoms with Crippen LogP contribution in [0.3, 0.4) is 0 Å². The SMILES string of the molecule is CNc1ccc([N+](=O)[O-])cc1N1CC(CSC(C)=O)CC1=O. The van der Waals surface area contributed by atoms with Crippen molar-refractivity contribution in [1.82, 2.24) is 0 Å². The zero-order chi connectivity index (χ0) is 16.3. The van der Waals surface area contributed by atoms with Gasteiger partial charge in [0.2, 0.25) is 5.91 Å². The van der Waals surface area contributed by atoms with E-state index in [1.165, 1.54) is 30.8 Å². The number of non-ortho nitro benzene ring substituents is 1. The van der Waals surface area contributed by atoms with E-state index in [1.807, 2.05) is 0 Å². The quantitative estimate of drug-likeness (QED) is 0.660.